The SMILES string of the molecule is COc1ccccc1/C=C/C(=O)N1CCN(C[C@H](O)COc2ccccc2)CC1. The largest absolute Gasteiger partial charge is 0.496 e. The molecule has 29 heavy (non-hydrogen) atoms. The van der Waals surface area contributed by atoms with E-state index < -0.39 is 6.10 Å². The molecule has 0 aromatic heterocycles. The number of aliphatic hydroxyl groups excluding tert-OH is 1. The highest BCUT2D eigenvalue weighted by molar-refractivity contribution is 5.92. The molecule has 1 fully saturated rings. The molecule has 154 valence electrons. The third kappa shape index (κ3) is 6.34. The van der Waals surface area contributed by atoms with Crippen molar-refractivity contribution in [2.75, 3.05) is 46.4 Å². The van der Waals surface area contributed by atoms with E-state index in [1.807, 2.05) is 59.5 Å². The number of ether oxygens (including phenoxy) is 2. The molecule has 0 unspecified atom stereocenters. The summed E-state index contributed by atoms with van der Waals surface area (Å²) in [4.78, 5) is 16.5. The van der Waals surface area contributed by atoms with Crippen molar-refractivity contribution in [2.45, 2.75) is 6.10 Å². The normalized spacial score (nSPS) is 16.0. The summed E-state index contributed by atoms with van der Waals surface area (Å²) in [6.07, 6.45) is 2.82. The molecular formula is C23H28N2O4. The minimum atomic E-state index is -0.567. The van der Waals surface area contributed by atoms with Crippen molar-refractivity contribution in [2.24, 2.45) is 0 Å². The summed E-state index contributed by atoms with van der Waals surface area (Å²) in [6, 6.07) is 17.1. The van der Waals surface area contributed by atoms with Gasteiger partial charge in [-0.05, 0) is 24.3 Å². The van der Waals surface area contributed by atoms with Crippen LogP contribution in [-0.2, 0) is 4.79 Å². The molecule has 6 heteroatoms. The first-order chi connectivity index (χ1) is 14.2. The van der Waals surface area contributed by atoms with E-state index in [2.05, 4.69) is 4.90 Å². The number of carbonyl (C=O) groups is 1. The zero-order valence-electron chi connectivity index (χ0n) is 16.7. The number of hydrogen-bond acceptors (Lipinski definition) is 5. The second-order valence-corrected chi connectivity index (χ2v) is 6.98. The van der Waals surface area contributed by atoms with Gasteiger partial charge in [-0.3, -0.25) is 9.69 Å². The van der Waals surface area contributed by atoms with Crippen LogP contribution in [0, 0.1) is 0 Å². The molecule has 3 rings (SSSR count). The molecule has 0 spiro atoms. The van der Waals surface area contributed by atoms with Gasteiger partial charge in [0.05, 0.1) is 7.11 Å². The fourth-order valence-electron chi connectivity index (χ4n) is 3.28. The quantitative estimate of drug-likeness (QED) is 0.694. The molecule has 1 amide bonds. The summed E-state index contributed by atoms with van der Waals surface area (Å²) in [7, 11) is 1.62. The maximum absolute atomic E-state index is 12.5. The summed E-state index contributed by atoms with van der Waals surface area (Å²) in [6.45, 7) is 3.53. The van der Waals surface area contributed by atoms with Gasteiger partial charge in [-0.15, -0.1) is 0 Å². The van der Waals surface area contributed by atoms with Crippen molar-refractivity contribution in [1.29, 1.82) is 0 Å². The number of benzene rings is 2. The van der Waals surface area contributed by atoms with Gasteiger partial charge in [-0.2, -0.15) is 0 Å². The summed E-state index contributed by atoms with van der Waals surface area (Å²) in [5.41, 5.74) is 0.878. The van der Waals surface area contributed by atoms with Crippen LogP contribution in [0.5, 0.6) is 11.5 Å². The number of methoxy groups -OCH3 is 1. The zero-order chi connectivity index (χ0) is 20.5. The molecule has 1 heterocycles. The molecule has 1 aliphatic heterocycles. The molecule has 2 aromatic rings. The smallest absolute Gasteiger partial charge is 0.246 e. The minimum Gasteiger partial charge on any atom is -0.496 e. The highest BCUT2D eigenvalue weighted by Crippen LogP contribution is 2.19. The summed E-state index contributed by atoms with van der Waals surface area (Å²) >= 11 is 0. The maximum atomic E-state index is 12.5. The van der Waals surface area contributed by atoms with Gasteiger partial charge < -0.3 is 19.5 Å². The van der Waals surface area contributed by atoms with E-state index in [1.165, 1.54) is 0 Å². The Morgan fingerprint density at radius 1 is 1.07 bits per heavy atom. The number of β-amino-alcohol motifs (C(OH)–C–C–N with tert-alkyl or cyclic N) is 1. The Kier molecular flexibility index (Phi) is 7.67. The fraction of sp³-hybridized carbons (Fsp3) is 0.348. The van der Waals surface area contributed by atoms with Crippen molar-refractivity contribution in [3.63, 3.8) is 0 Å². The van der Waals surface area contributed by atoms with Crippen LogP contribution in [0.1, 0.15) is 5.56 Å². The monoisotopic (exact) mass is 396 g/mol. The van der Waals surface area contributed by atoms with Gasteiger partial charge in [0.15, 0.2) is 0 Å². The molecule has 1 atom stereocenters. The number of rotatable bonds is 8. The Labute approximate surface area is 172 Å². The molecule has 2 aromatic carbocycles. The molecule has 6 nitrogen and oxygen atoms in total. The van der Waals surface area contributed by atoms with E-state index in [9.17, 15) is 9.90 Å². The standard InChI is InChI=1S/C23H28N2O4/c1-28-22-10-6-5-7-19(22)11-12-23(27)25-15-13-24(14-16-25)17-20(26)18-29-21-8-3-2-4-9-21/h2-12,20,26H,13-18H2,1H3/b12-11+/t20-/m0/s1. The lowest BCUT2D eigenvalue weighted by Gasteiger charge is -2.35. The predicted octanol–water partition coefficient (Wildman–Crippen LogP) is 2.29. The average Bonchev–Trinajstić information content (AvgIpc) is 2.77. The Balaban J connectivity index is 1.41. The Bertz CT molecular complexity index is 802. The van der Waals surface area contributed by atoms with Crippen LogP contribution < -0.4 is 9.47 Å². The van der Waals surface area contributed by atoms with Crippen LogP contribution in [0.2, 0.25) is 0 Å². The third-order valence-electron chi connectivity index (χ3n) is 4.88. The lowest BCUT2D eigenvalue weighted by atomic mass is 10.2. The number of aliphatic hydroxyl groups is 1. The van der Waals surface area contributed by atoms with Gasteiger partial charge in [0.2, 0.25) is 5.91 Å². The van der Waals surface area contributed by atoms with Crippen LogP contribution in [0.15, 0.2) is 60.7 Å². The molecule has 1 aliphatic rings. The zero-order valence-corrected chi connectivity index (χ0v) is 16.7. The van der Waals surface area contributed by atoms with Crippen molar-refractivity contribution in [3.05, 3.63) is 66.2 Å². The van der Waals surface area contributed by atoms with Crippen molar-refractivity contribution >= 4 is 12.0 Å². The van der Waals surface area contributed by atoms with Crippen LogP contribution in [0.3, 0.4) is 0 Å². The van der Waals surface area contributed by atoms with Crippen LogP contribution in [0.4, 0.5) is 0 Å². The molecular weight excluding hydrogens is 368 g/mol. The first-order valence-corrected chi connectivity index (χ1v) is 9.84. The Hall–Kier alpha value is -2.83. The molecule has 1 saturated heterocycles. The predicted molar refractivity (Wildman–Crippen MR) is 113 cm³/mol. The Morgan fingerprint density at radius 3 is 2.48 bits per heavy atom. The van der Waals surface area contributed by atoms with Gasteiger partial charge >= 0.3 is 0 Å². The Morgan fingerprint density at radius 2 is 1.76 bits per heavy atom. The molecule has 0 saturated carbocycles. The number of para-hydroxylation sites is 2. The number of hydrogen-bond donors (Lipinski definition) is 1. The average molecular weight is 396 g/mol. The maximum Gasteiger partial charge on any atom is 0.246 e. The first kappa shape index (κ1) is 20.9. The lowest BCUT2D eigenvalue weighted by molar-refractivity contribution is -0.127. The van der Waals surface area contributed by atoms with Gasteiger partial charge in [-0.1, -0.05) is 36.4 Å². The van der Waals surface area contributed by atoms with E-state index in [-0.39, 0.29) is 12.5 Å². The number of amides is 1. The van der Waals surface area contributed by atoms with Crippen LogP contribution >= 0.6 is 0 Å². The van der Waals surface area contributed by atoms with Gasteiger partial charge in [0.1, 0.15) is 24.2 Å². The topological polar surface area (TPSA) is 62.2 Å². The second-order valence-electron chi connectivity index (χ2n) is 6.98. The number of nitrogens with zero attached hydrogens (tertiary/aromatic N) is 2. The molecule has 0 radical (unpaired) electrons. The van der Waals surface area contributed by atoms with E-state index in [0.29, 0.717) is 19.6 Å². The van der Waals surface area contributed by atoms with Crippen LogP contribution in [0.25, 0.3) is 6.08 Å². The van der Waals surface area contributed by atoms with Crippen LogP contribution in [-0.4, -0.2) is 73.4 Å². The van der Waals surface area contributed by atoms with Gasteiger partial charge in [0, 0.05) is 44.4 Å². The third-order valence-corrected chi connectivity index (χ3v) is 4.88. The second kappa shape index (κ2) is 10.6. The van der Waals surface area contributed by atoms with E-state index in [4.69, 9.17) is 9.47 Å². The van der Waals surface area contributed by atoms with Gasteiger partial charge in [0.25, 0.3) is 0 Å². The van der Waals surface area contributed by atoms with Crippen molar-refractivity contribution in [3.8, 4) is 11.5 Å². The lowest BCUT2D eigenvalue weighted by Crippen LogP contribution is -2.50. The van der Waals surface area contributed by atoms with Crippen molar-refractivity contribution < 1.29 is 19.4 Å². The van der Waals surface area contributed by atoms with E-state index in [1.54, 1.807) is 19.3 Å². The highest BCUT2D eigenvalue weighted by Gasteiger charge is 2.21. The van der Waals surface area contributed by atoms with E-state index in [0.717, 1.165) is 30.2 Å². The summed E-state index contributed by atoms with van der Waals surface area (Å²) in [5, 5.41) is 10.2. The van der Waals surface area contributed by atoms with Crippen molar-refractivity contribution in [1.82, 2.24) is 9.80 Å². The summed E-state index contributed by atoms with van der Waals surface area (Å²) < 4.78 is 10.9. The summed E-state index contributed by atoms with van der Waals surface area (Å²) in [5.74, 6) is 1.49. The molecule has 0 bridgehead atoms. The first-order valence-electron chi connectivity index (χ1n) is 9.84. The number of carbonyl (C=O) groups excluding carboxylic acids is 1. The fourth-order valence-corrected chi connectivity index (χ4v) is 3.28. The molecule has 1 N–H and O–H groups in total. The highest BCUT2D eigenvalue weighted by atomic mass is 16.5. The van der Waals surface area contributed by atoms with E-state index >= 15 is 0 Å². The number of piperazine rings is 1. The molecule has 0 aliphatic carbocycles. The minimum absolute atomic E-state index is 0.0106. The van der Waals surface area contributed by atoms with Gasteiger partial charge in [-0.25, -0.2) is 0 Å².